The number of halogens is 2. The first kappa shape index (κ1) is 9.89. The van der Waals surface area contributed by atoms with Gasteiger partial charge in [0.25, 0.3) is 0 Å². The average Bonchev–Trinajstić information content (AvgIpc) is 2.04. The van der Waals surface area contributed by atoms with Crippen LogP contribution in [0.1, 0.15) is 18.9 Å². The number of pyridine rings is 1. The quantitative estimate of drug-likeness (QED) is 0.722. The van der Waals surface area contributed by atoms with Crippen molar-refractivity contribution in [2.45, 2.75) is 26.4 Å². The van der Waals surface area contributed by atoms with Crippen LogP contribution in [0.25, 0.3) is 0 Å². The molecule has 0 aliphatic rings. The summed E-state index contributed by atoms with van der Waals surface area (Å²) in [6, 6.07) is 3.33. The molecule has 0 N–H and O–H groups in total. The van der Waals surface area contributed by atoms with E-state index >= 15 is 0 Å². The van der Waals surface area contributed by atoms with Crippen LogP contribution in [0.3, 0.4) is 0 Å². The van der Waals surface area contributed by atoms with E-state index in [-0.39, 0.29) is 5.88 Å². The summed E-state index contributed by atoms with van der Waals surface area (Å²) in [4.78, 5) is 3.66. The van der Waals surface area contributed by atoms with E-state index in [1.807, 2.05) is 6.92 Å². The van der Waals surface area contributed by atoms with Crippen LogP contribution >= 0.6 is 0 Å². The summed E-state index contributed by atoms with van der Waals surface area (Å²) >= 11 is 0. The zero-order chi connectivity index (χ0) is 9.68. The third-order valence-electron chi connectivity index (χ3n) is 1.55. The van der Waals surface area contributed by atoms with E-state index < -0.39 is 6.61 Å². The molecule has 0 radical (unpaired) electrons. The number of nitrogens with zero attached hydrogens (tertiary/aromatic N) is 1. The lowest BCUT2D eigenvalue weighted by atomic mass is 10.2. The predicted molar refractivity (Wildman–Crippen MR) is 44.9 cm³/mol. The van der Waals surface area contributed by atoms with Crippen molar-refractivity contribution in [1.29, 1.82) is 0 Å². The summed E-state index contributed by atoms with van der Waals surface area (Å²) in [5.41, 5.74) is 0.966. The van der Waals surface area contributed by atoms with Gasteiger partial charge in [-0.25, -0.2) is 4.98 Å². The van der Waals surface area contributed by atoms with Crippen LogP contribution in [0, 0.1) is 0 Å². The second-order valence-corrected chi connectivity index (χ2v) is 2.63. The number of ether oxygens (including phenoxy) is 1. The lowest BCUT2D eigenvalue weighted by molar-refractivity contribution is -0.0528. The molecule has 0 saturated carbocycles. The monoisotopic (exact) mass is 187 g/mol. The van der Waals surface area contributed by atoms with Crippen LogP contribution in [0.2, 0.25) is 0 Å². The van der Waals surface area contributed by atoms with Crippen molar-refractivity contribution < 1.29 is 13.5 Å². The highest BCUT2D eigenvalue weighted by atomic mass is 19.3. The van der Waals surface area contributed by atoms with Gasteiger partial charge in [-0.05, 0) is 18.1 Å². The average molecular weight is 187 g/mol. The number of hydrogen-bond donors (Lipinski definition) is 0. The normalized spacial score (nSPS) is 10.5. The fourth-order valence-electron chi connectivity index (χ4n) is 1.05. The molecule has 1 heterocycles. The fourth-order valence-corrected chi connectivity index (χ4v) is 1.05. The molecular formula is C9H11F2NO. The minimum Gasteiger partial charge on any atom is -0.417 e. The number of aromatic nitrogens is 1. The molecule has 0 atom stereocenters. The van der Waals surface area contributed by atoms with E-state index in [4.69, 9.17) is 0 Å². The molecule has 0 saturated heterocycles. The first-order valence-corrected chi connectivity index (χ1v) is 4.12. The first-order valence-electron chi connectivity index (χ1n) is 4.12. The van der Waals surface area contributed by atoms with Crippen LogP contribution < -0.4 is 4.74 Å². The summed E-state index contributed by atoms with van der Waals surface area (Å²) in [5.74, 6) is -0.0130. The Morgan fingerprint density at radius 1 is 1.54 bits per heavy atom. The molecule has 0 aliphatic heterocycles. The van der Waals surface area contributed by atoms with Gasteiger partial charge in [-0.3, -0.25) is 0 Å². The van der Waals surface area contributed by atoms with Crippen LogP contribution in [-0.4, -0.2) is 11.6 Å². The molecule has 0 aliphatic carbocycles. The van der Waals surface area contributed by atoms with Crippen molar-refractivity contribution in [2.24, 2.45) is 0 Å². The van der Waals surface area contributed by atoms with Crippen LogP contribution in [0.5, 0.6) is 5.88 Å². The highest BCUT2D eigenvalue weighted by Gasteiger charge is 2.05. The van der Waals surface area contributed by atoms with Crippen molar-refractivity contribution in [1.82, 2.24) is 4.98 Å². The number of aryl methyl sites for hydroxylation is 1. The van der Waals surface area contributed by atoms with Gasteiger partial charge in [0, 0.05) is 12.3 Å². The molecule has 0 bridgehead atoms. The Morgan fingerprint density at radius 3 is 2.92 bits per heavy atom. The molecule has 0 amide bonds. The molecule has 2 nitrogen and oxygen atoms in total. The molecule has 0 spiro atoms. The van der Waals surface area contributed by atoms with Gasteiger partial charge >= 0.3 is 6.61 Å². The Labute approximate surface area is 75.6 Å². The Hall–Kier alpha value is -1.19. The van der Waals surface area contributed by atoms with Gasteiger partial charge < -0.3 is 4.74 Å². The summed E-state index contributed by atoms with van der Waals surface area (Å²) in [7, 11) is 0. The van der Waals surface area contributed by atoms with Gasteiger partial charge in [-0.1, -0.05) is 13.3 Å². The van der Waals surface area contributed by atoms with Crippen molar-refractivity contribution in [3.05, 3.63) is 23.9 Å². The molecule has 4 heteroatoms. The van der Waals surface area contributed by atoms with Crippen molar-refractivity contribution in [3.8, 4) is 5.88 Å². The third kappa shape index (κ3) is 3.36. The van der Waals surface area contributed by atoms with Crippen molar-refractivity contribution >= 4 is 0 Å². The number of hydrogen-bond acceptors (Lipinski definition) is 2. The predicted octanol–water partition coefficient (Wildman–Crippen LogP) is 2.64. The molecule has 0 aromatic carbocycles. The smallest absolute Gasteiger partial charge is 0.388 e. The van der Waals surface area contributed by atoms with E-state index in [1.54, 1.807) is 6.07 Å². The van der Waals surface area contributed by atoms with E-state index in [1.165, 1.54) is 12.3 Å². The van der Waals surface area contributed by atoms with E-state index in [0.717, 1.165) is 18.4 Å². The minimum atomic E-state index is -2.80. The largest absolute Gasteiger partial charge is 0.417 e. The Morgan fingerprint density at radius 2 is 2.31 bits per heavy atom. The Kier molecular flexibility index (Phi) is 3.61. The maximum absolute atomic E-state index is 11.8. The van der Waals surface area contributed by atoms with E-state index in [9.17, 15) is 8.78 Å². The maximum Gasteiger partial charge on any atom is 0.388 e. The zero-order valence-electron chi connectivity index (χ0n) is 7.34. The van der Waals surface area contributed by atoms with Gasteiger partial charge in [0.15, 0.2) is 0 Å². The molecular weight excluding hydrogens is 176 g/mol. The van der Waals surface area contributed by atoms with Gasteiger partial charge in [-0.15, -0.1) is 0 Å². The van der Waals surface area contributed by atoms with E-state index in [0.29, 0.717) is 0 Å². The van der Waals surface area contributed by atoms with Crippen molar-refractivity contribution in [3.63, 3.8) is 0 Å². The summed E-state index contributed by atoms with van der Waals surface area (Å²) < 4.78 is 27.7. The Balaban J connectivity index is 2.67. The molecule has 1 rings (SSSR count). The fraction of sp³-hybridized carbons (Fsp3) is 0.444. The summed E-state index contributed by atoms with van der Waals surface area (Å²) in [5, 5.41) is 0. The number of rotatable bonds is 4. The van der Waals surface area contributed by atoms with E-state index in [2.05, 4.69) is 9.72 Å². The van der Waals surface area contributed by atoms with Gasteiger partial charge in [0.05, 0.1) is 0 Å². The third-order valence-corrected chi connectivity index (χ3v) is 1.55. The number of alkyl halides is 2. The first-order chi connectivity index (χ1) is 6.22. The molecule has 1 aromatic rings. The molecule has 0 fully saturated rings. The maximum atomic E-state index is 11.8. The van der Waals surface area contributed by atoms with Crippen LogP contribution in [0.4, 0.5) is 8.78 Å². The summed E-state index contributed by atoms with van der Waals surface area (Å²) in [6.45, 7) is -0.780. The minimum absolute atomic E-state index is 0.0130. The lowest BCUT2D eigenvalue weighted by Crippen LogP contribution is -2.03. The second-order valence-electron chi connectivity index (χ2n) is 2.63. The van der Waals surface area contributed by atoms with Crippen LogP contribution in [-0.2, 0) is 6.42 Å². The molecule has 13 heavy (non-hydrogen) atoms. The van der Waals surface area contributed by atoms with Crippen molar-refractivity contribution in [2.75, 3.05) is 0 Å². The lowest BCUT2D eigenvalue weighted by Gasteiger charge is -2.04. The van der Waals surface area contributed by atoms with Gasteiger partial charge in [0.1, 0.15) is 0 Å². The topological polar surface area (TPSA) is 22.1 Å². The SMILES string of the molecule is CCCc1ccnc(OC(F)F)c1. The molecule has 1 aromatic heterocycles. The van der Waals surface area contributed by atoms with Crippen LogP contribution in [0.15, 0.2) is 18.3 Å². The summed E-state index contributed by atoms with van der Waals surface area (Å²) in [6.07, 6.45) is 3.29. The van der Waals surface area contributed by atoms with Gasteiger partial charge in [0.2, 0.25) is 5.88 Å². The highest BCUT2D eigenvalue weighted by Crippen LogP contribution is 2.13. The Bertz CT molecular complexity index is 266. The van der Waals surface area contributed by atoms with Gasteiger partial charge in [-0.2, -0.15) is 8.78 Å². The highest BCUT2D eigenvalue weighted by molar-refractivity contribution is 5.20. The molecule has 0 unspecified atom stereocenters. The standard InChI is InChI=1S/C9H11F2NO/c1-2-3-7-4-5-12-8(6-7)13-9(10)11/h4-6,9H,2-3H2,1H3. The second kappa shape index (κ2) is 4.74. The molecule has 72 valence electrons. The zero-order valence-corrected chi connectivity index (χ0v) is 7.34.